The first kappa shape index (κ1) is 13.8. The van der Waals surface area contributed by atoms with Gasteiger partial charge in [0.2, 0.25) is 0 Å². The molecule has 0 bridgehead atoms. The lowest BCUT2D eigenvalue weighted by molar-refractivity contribution is -0.137. The highest BCUT2D eigenvalue weighted by atomic mass is 19.4. The van der Waals surface area contributed by atoms with Gasteiger partial charge in [0.05, 0.1) is 5.56 Å². The van der Waals surface area contributed by atoms with Crippen LogP contribution >= 0.6 is 0 Å². The Morgan fingerprint density at radius 2 is 2.05 bits per heavy atom. The first-order chi connectivity index (χ1) is 8.97. The van der Waals surface area contributed by atoms with Crippen LogP contribution in [0.2, 0.25) is 0 Å². The molecule has 2 rings (SSSR count). The Bertz CT molecular complexity index is 562. The van der Waals surface area contributed by atoms with E-state index in [0.717, 1.165) is 25.1 Å². The van der Waals surface area contributed by atoms with Gasteiger partial charge in [0.1, 0.15) is 5.82 Å². The second-order valence-corrected chi connectivity index (χ2v) is 4.42. The summed E-state index contributed by atoms with van der Waals surface area (Å²) in [5.74, 6) is 0.411. The molecule has 104 valence electrons. The third-order valence-corrected chi connectivity index (χ3v) is 3.04. The molecule has 7 heteroatoms. The van der Waals surface area contributed by atoms with E-state index < -0.39 is 11.7 Å². The minimum atomic E-state index is -4.38. The number of halogens is 3. The van der Waals surface area contributed by atoms with Crippen molar-refractivity contribution < 1.29 is 13.2 Å². The van der Waals surface area contributed by atoms with E-state index in [0.29, 0.717) is 18.0 Å². The van der Waals surface area contributed by atoms with Gasteiger partial charge in [-0.15, -0.1) is 10.2 Å². The lowest BCUT2D eigenvalue weighted by Crippen LogP contribution is -2.16. The SMILES string of the molecule is CCCC(CN)c1nnc2ccc(C(F)(F)F)cn12. The van der Waals surface area contributed by atoms with E-state index in [1.54, 1.807) is 0 Å². The molecule has 2 aromatic rings. The molecule has 0 amide bonds. The van der Waals surface area contributed by atoms with Gasteiger partial charge in [-0.05, 0) is 18.6 Å². The number of nitrogens with zero attached hydrogens (tertiary/aromatic N) is 3. The average Bonchev–Trinajstić information content (AvgIpc) is 2.77. The number of aromatic nitrogens is 3. The summed E-state index contributed by atoms with van der Waals surface area (Å²) < 4.78 is 39.5. The number of rotatable bonds is 4. The first-order valence-electron chi connectivity index (χ1n) is 6.09. The summed E-state index contributed by atoms with van der Waals surface area (Å²) in [6.07, 6.45) is -1.69. The summed E-state index contributed by atoms with van der Waals surface area (Å²) >= 11 is 0. The van der Waals surface area contributed by atoms with Crippen molar-refractivity contribution in [2.45, 2.75) is 31.9 Å². The molecule has 0 radical (unpaired) electrons. The highest BCUT2D eigenvalue weighted by Gasteiger charge is 2.31. The zero-order valence-corrected chi connectivity index (χ0v) is 10.5. The molecule has 0 saturated carbocycles. The van der Waals surface area contributed by atoms with Crippen LogP contribution in [0, 0.1) is 0 Å². The number of hydrogen-bond donors (Lipinski definition) is 1. The van der Waals surface area contributed by atoms with Crippen LogP contribution < -0.4 is 5.73 Å². The molecule has 2 N–H and O–H groups in total. The Hall–Kier alpha value is -1.63. The lowest BCUT2D eigenvalue weighted by atomic mass is 10.0. The second-order valence-electron chi connectivity index (χ2n) is 4.42. The summed E-state index contributed by atoms with van der Waals surface area (Å²) in [6.45, 7) is 2.33. The largest absolute Gasteiger partial charge is 0.417 e. The minimum absolute atomic E-state index is 0.0801. The second kappa shape index (κ2) is 5.16. The standard InChI is InChI=1S/C12H15F3N4/c1-2-3-8(6-16)11-18-17-10-5-4-9(7-19(10)11)12(13,14)15/h4-5,7-8H,2-3,6,16H2,1H3. The van der Waals surface area contributed by atoms with Crippen LogP contribution in [0.25, 0.3) is 5.65 Å². The van der Waals surface area contributed by atoms with Crippen molar-refractivity contribution in [3.63, 3.8) is 0 Å². The van der Waals surface area contributed by atoms with Crippen molar-refractivity contribution in [2.75, 3.05) is 6.54 Å². The Labute approximate surface area is 108 Å². The zero-order valence-electron chi connectivity index (χ0n) is 10.5. The Morgan fingerprint density at radius 3 is 2.63 bits per heavy atom. The monoisotopic (exact) mass is 272 g/mol. The van der Waals surface area contributed by atoms with Crippen molar-refractivity contribution in [1.82, 2.24) is 14.6 Å². The summed E-state index contributed by atoms with van der Waals surface area (Å²) in [5.41, 5.74) is 5.35. The maximum absolute atomic E-state index is 12.7. The quantitative estimate of drug-likeness (QED) is 0.930. The molecular weight excluding hydrogens is 257 g/mol. The van der Waals surface area contributed by atoms with Crippen LogP contribution in [0.3, 0.4) is 0 Å². The van der Waals surface area contributed by atoms with Crippen LogP contribution in [0.1, 0.15) is 37.1 Å². The van der Waals surface area contributed by atoms with Crippen LogP contribution in [0.5, 0.6) is 0 Å². The predicted octanol–water partition coefficient (Wildman–Crippen LogP) is 2.59. The van der Waals surface area contributed by atoms with Gasteiger partial charge in [0.15, 0.2) is 5.65 Å². The molecule has 0 saturated heterocycles. The molecule has 2 heterocycles. The Kier molecular flexibility index (Phi) is 3.75. The number of alkyl halides is 3. The van der Waals surface area contributed by atoms with Gasteiger partial charge in [-0.1, -0.05) is 13.3 Å². The van der Waals surface area contributed by atoms with Gasteiger partial charge in [0.25, 0.3) is 0 Å². The molecule has 0 spiro atoms. The van der Waals surface area contributed by atoms with Gasteiger partial charge in [0, 0.05) is 18.7 Å². The Morgan fingerprint density at radius 1 is 1.32 bits per heavy atom. The fraction of sp³-hybridized carbons (Fsp3) is 0.500. The number of pyridine rings is 1. The van der Waals surface area contributed by atoms with E-state index in [1.165, 1.54) is 10.5 Å². The van der Waals surface area contributed by atoms with Gasteiger partial charge < -0.3 is 5.73 Å². The molecule has 0 aliphatic carbocycles. The van der Waals surface area contributed by atoms with E-state index in [2.05, 4.69) is 10.2 Å². The van der Waals surface area contributed by atoms with Gasteiger partial charge in [-0.2, -0.15) is 13.2 Å². The molecule has 19 heavy (non-hydrogen) atoms. The molecule has 1 atom stereocenters. The molecule has 0 aromatic carbocycles. The maximum Gasteiger partial charge on any atom is 0.417 e. The smallest absolute Gasteiger partial charge is 0.330 e. The van der Waals surface area contributed by atoms with Crippen molar-refractivity contribution in [2.24, 2.45) is 5.73 Å². The van der Waals surface area contributed by atoms with E-state index in [-0.39, 0.29) is 5.92 Å². The third-order valence-electron chi connectivity index (χ3n) is 3.04. The number of hydrogen-bond acceptors (Lipinski definition) is 3. The molecule has 1 unspecified atom stereocenters. The highest BCUT2D eigenvalue weighted by Crippen LogP contribution is 2.30. The van der Waals surface area contributed by atoms with Crippen molar-refractivity contribution in [1.29, 1.82) is 0 Å². The van der Waals surface area contributed by atoms with Crippen LogP contribution in [-0.4, -0.2) is 21.1 Å². The molecule has 0 aliphatic rings. The molecule has 0 aliphatic heterocycles. The van der Waals surface area contributed by atoms with E-state index in [9.17, 15) is 13.2 Å². The summed E-state index contributed by atoms with van der Waals surface area (Å²) in [7, 11) is 0. The van der Waals surface area contributed by atoms with Gasteiger partial charge in [-0.3, -0.25) is 4.40 Å². The number of fused-ring (bicyclic) bond motifs is 1. The van der Waals surface area contributed by atoms with E-state index in [4.69, 9.17) is 5.73 Å². The zero-order chi connectivity index (χ0) is 14.0. The maximum atomic E-state index is 12.7. The van der Waals surface area contributed by atoms with Gasteiger partial charge in [-0.25, -0.2) is 0 Å². The highest BCUT2D eigenvalue weighted by molar-refractivity contribution is 5.40. The average molecular weight is 272 g/mol. The van der Waals surface area contributed by atoms with Gasteiger partial charge >= 0.3 is 6.18 Å². The first-order valence-corrected chi connectivity index (χ1v) is 6.09. The molecule has 2 aromatic heterocycles. The third kappa shape index (κ3) is 2.70. The molecule has 4 nitrogen and oxygen atoms in total. The summed E-state index contributed by atoms with van der Waals surface area (Å²) in [5, 5.41) is 7.86. The fourth-order valence-electron chi connectivity index (χ4n) is 2.06. The lowest BCUT2D eigenvalue weighted by Gasteiger charge is -2.12. The Balaban J connectivity index is 2.50. The fourth-order valence-corrected chi connectivity index (χ4v) is 2.06. The van der Waals surface area contributed by atoms with Crippen LogP contribution in [-0.2, 0) is 6.18 Å². The van der Waals surface area contributed by atoms with Crippen LogP contribution in [0.4, 0.5) is 13.2 Å². The minimum Gasteiger partial charge on any atom is -0.330 e. The van der Waals surface area contributed by atoms with Crippen LogP contribution in [0.15, 0.2) is 18.3 Å². The van der Waals surface area contributed by atoms with Crippen molar-refractivity contribution in [3.8, 4) is 0 Å². The summed E-state index contributed by atoms with van der Waals surface area (Å²) in [4.78, 5) is 0. The van der Waals surface area contributed by atoms with Crippen molar-refractivity contribution >= 4 is 5.65 Å². The van der Waals surface area contributed by atoms with E-state index >= 15 is 0 Å². The topological polar surface area (TPSA) is 56.2 Å². The normalized spacial score (nSPS) is 13.9. The number of nitrogens with two attached hydrogens (primary N) is 1. The van der Waals surface area contributed by atoms with Crippen molar-refractivity contribution in [3.05, 3.63) is 29.7 Å². The predicted molar refractivity (Wildman–Crippen MR) is 64.7 cm³/mol. The molecular formula is C12H15F3N4. The summed E-state index contributed by atoms with van der Waals surface area (Å²) in [6, 6.07) is 2.32. The van der Waals surface area contributed by atoms with E-state index in [1.807, 2.05) is 6.92 Å². The molecule has 0 fully saturated rings.